The summed E-state index contributed by atoms with van der Waals surface area (Å²) in [6.45, 7) is 1.52. The van der Waals surface area contributed by atoms with Crippen molar-refractivity contribution in [2.75, 3.05) is 23.7 Å². The Morgan fingerprint density at radius 3 is 2.19 bits per heavy atom. The first-order chi connectivity index (χ1) is 17.6. The third kappa shape index (κ3) is 7.77. The molecule has 7 nitrogen and oxygen atoms in total. The monoisotopic (exact) mass is 545 g/mol. The molecule has 0 aliphatic heterocycles. The number of carbonyl (C=O) groups excluding carboxylic acids is 2. The number of hydrogen-bond donors (Lipinski definition) is 1. The summed E-state index contributed by atoms with van der Waals surface area (Å²) >= 11 is 6.39. The van der Waals surface area contributed by atoms with Gasteiger partial charge in [-0.1, -0.05) is 60.1 Å². The summed E-state index contributed by atoms with van der Waals surface area (Å²) in [5, 5.41) is 3.19. The van der Waals surface area contributed by atoms with Crippen LogP contribution in [0.25, 0.3) is 0 Å². The predicted octanol–water partition coefficient (Wildman–Crippen LogP) is 4.02. The van der Waals surface area contributed by atoms with Crippen molar-refractivity contribution >= 4 is 39.1 Å². The van der Waals surface area contributed by atoms with Crippen molar-refractivity contribution in [3.63, 3.8) is 0 Å². The van der Waals surface area contributed by atoms with E-state index in [4.69, 9.17) is 11.6 Å². The fourth-order valence-electron chi connectivity index (χ4n) is 3.88. The predicted molar refractivity (Wildman–Crippen MR) is 143 cm³/mol. The van der Waals surface area contributed by atoms with Crippen LogP contribution in [-0.2, 0) is 32.6 Å². The Morgan fingerprint density at radius 1 is 0.973 bits per heavy atom. The van der Waals surface area contributed by atoms with Crippen molar-refractivity contribution in [3.05, 3.63) is 101 Å². The Labute approximate surface area is 221 Å². The van der Waals surface area contributed by atoms with Crippen molar-refractivity contribution in [1.82, 2.24) is 10.2 Å². The molecule has 0 spiro atoms. The van der Waals surface area contributed by atoms with Crippen molar-refractivity contribution in [2.45, 2.75) is 25.9 Å². The number of nitrogens with zero attached hydrogens (tertiary/aromatic N) is 2. The van der Waals surface area contributed by atoms with Crippen LogP contribution in [0.4, 0.5) is 10.1 Å². The first kappa shape index (κ1) is 28.1. The van der Waals surface area contributed by atoms with E-state index in [0.717, 1.165) is 28.3 Å². The summed E-state index contributed by atoms with van der Waals surface area (Å²) in [6, 6.07) is 20.0. The molecule has 1 unspecified atom stereocenters. The summed E-state index contributed by atoms with van der Waals surface area (Å²) in [4.78, 5) is 28.4. The second kappa shape index (κ2) is 12.7. The maximum absolute atomic E-state index is 13.8. The van der Waals surface area contributed by atoms with E-state index in [1.165, 1.54) is 17.0 Å². The molecule has 1 N–H and O–H groups in total. The number of amides is 2. The molecule has 10 heteroatoms. The van der Waals surface area contributed by atoms with Crippen LogP contribution < -0.4 is 9.62 Å². The summed E-state index contributed by atoms with van der Waals surface area (Å²) < 4.78 is 39.7. The van der Waals surface area contributed by atoms with Gasteiger partial charge in [0.25, 0.3) is 0 Å². The Hall–Kier alpha value is -3.43. The van der Waals surface area contributed by atoms with Gasteiger partial charge in [-0.3, -0.25) is 13.9 Å². The number of likely N-dealkylation sites (N-methyl/N-ethyl adjacent to an activating group) is 1. The van der Waals surface area contributed by atoms with E-state index in [-0.39, 0.29) is 24.6 Å². The average molecular weight is 546 g/mol. The van der Waals surface area contributed by atoms with Gasteiger partial charge in [-0.25, -0.2) is 12.8 Å². The molecule has 1 atom stereocenters. The molecular weight excluding hydrogens is 517 g/mol. The molecular formula is C27H29ClFN3O4S. The Balaban J connectivity index is 2.04. The highest BCUT2D eigenvalue weighted by Crippen LogP contribution is 2.23. The number of sulfonamides is 1. The van der Waals surface area contributed by atoms with Gasteiger partial charge in [0.2, 0.25) is 21.8 Å². The van der Waals surface area contributed by atoms with E-state index < -0.39 is 34.3 Å². The largest absolute Gasteiger partial charge is 0.355 e. The molecule has 3 aromatic carbocycles. The Bertz CT molecular complexity index is 1320. The van der Waals surface area contributed by atoms with E-state index in [1.807, 2.05) is 30.3 Å². The van der Waals surface area contributed by atoms with Crippen molar-refractivity contribution in [1.29, 1.82) is 0 Å². The smallest absolute Gasteiger partial charge is 0.244 e. The van der Waals surface area contributed by atoms with Crippen LogP contribution in [0.3, 0.4) is 0 Å². The molecule has 0 fully saturated rings. The van der Waals surface area contributed by atoms with Gasteiger partial charge in [-0.05, 0) is 48.4 Å². The van der Waals surface area contributed by atoms with Crippen LogP contribution >= 0.6 is 11.6 Å². The van der Waals surface area contributed by atoms with Gasteiger partial charge in [0.1, 0.15) is 18.4 Å². The molecule has 0 aliphatic carbocycles. The SMILES string of the molecule is CCNC(=O)C(Cc1ccccc1)N(Cc1ccccc1Cl)C(=O)CN(c1ccc(F)cc1)S(C)(=O)=O. The minimum atomic E-state index is -3.92. The van der Waals surface area contributed by atoms with Gasteiger partial charge < -0.3 is 10.2 Å². The number of hydrogen-bond acceptors (Lipinski definition) is 4. The zero-order valence-corrected chi connectivity index (χ0v) is 22.2. The highest BCUT2D eigenvalue weighted by atomic mass is 35.5. The van der Waals surface area contributed by atoms with E-state index in [9.17, 15) is 22.4 Å². The number of benzene rings is 3. The number of carbonyl (C=O) groups is 2. The third-order valence-corrected chi connectivity index (χ3v) is 7.22. The zero-order chi connectivity index (χ0) is 27.0. The fourth-order valence-corrected chi connectivity index (χ4v) is 4.92. The summed E-state index contributed by atoms with van der Waals surface area (Å²) in [5.41, 5.74) is 1.56. The Morgan fingerprint density at radius 2 is 1.59 bits per heavy atom. The molecule has 0 saturated heterocycles. The van der Waals surface area contributed by atoms with E-state index in [0.29, 0.717) is 17.1 Å². The highest BCUT2D eigenvalue weighted by Gasteiger charge is 2.33. The lowest BCUT2D eigenvalue weighted by molar-refractivity contribution is -0.140. The van der Waals surface area contributed by atoms with Gasteiger partial charge in [0.05, 0.1) is 11.9 Å². The van der Waals surface area contributed by atoms with Gasteiger partial charge in [-0.15, -0.1) is 0 Å². The first-order valence-electron chi connectivity index (χ1n) is 11.7. The quantitative estimate of drug-likeness (QED) is 0.394. The number of nitrogens with one attached hydrogen (secondary N) is 1. The molecule has 0 bridgehead atoms. The lowest BCUT2D eigenvalue weighted by Gasteiger charge is -2.33. The van der Waals surface area contributed by atoms with E-state index >= 15 is 0 Å². The fraction of sp³-hybridized carbons (Fsp3) is 0.259. The molecule has 196 valence electrons. The summed E-state index contributed by atoms with van der Waals surface area (Å²) in [7, 11) is -3.92. The number of rotatable bonds is 11. The molecule has 3 aromatic rings. The van der Waals surface area contributed by atoms with Gasteiger partial charge >= 0.3 is 0 Å². The number of anilines is 1. The average Bonchev–Trinajstić information content (AvgIpc) is 2.86. The molecule has 0 aromatic heterocycles. The van der Waals surface area contributed by atoms with E-state index in [1.54, 1.807) is 31.2 Å². The highest BCUT2D eigenvalue weighted by molar-refractivity contribution is 7.92. The van der Waals surface area contributed by atoms with E-state index in [2.05, 4.69) is 5.32 Å². The maximum atomic E-state index is 13.8. The van der Waals surface area contributed by atoms with Crippen molar-refractivity contribution in [3.8, 4) is 0 Å². The second-order valence-electron chi connectivity index (χ2n) is 8.46. The topological polar surface area (TPSA) is 86.8 Å². The molecule has 0 saturated carbocycles. The maximum Gasteiger partial charge on any atom is 0.244 e. The standard InChI is InChI=1S/C27H29ClFN3O4S/c1-3-30-27(34)25(17-20-9-5-4-6-10-20)31(18-21-11-7-8-12-24(21)28)26(33)19-32(37(2,35)36)23-15-13-22(29)14-16-23/h4-16,25H,3,17-19H2,1-2H3,(H,30,34). The van der Waals surface area contributed by atoms with Crippen LogP contribution in [0.2, 0.25) is 5.02 Å². The third-order valence-electron chi connectivity index (χ3n) is 5.71. The summed E-state index contributed by atoms with van der Waals surface area (Å²) in [5.74, 6) is -1.52. The normalized spacial score (nSPS) is 12.0. The second-order valence-corrected chi connectivity index (χ2v) is 10.8. The van der Waals surface area contributed by atoms with Gasteiger partial charge in [0, 0.05) is 24.5 Å². The van der Waals surface area contributed by atoms with Crippen molar-refractivity contribution < 1.29 is 22.4 Å². The molecule has 0 aliphatic rings. The van der Waals surface area contributed by atoms with Crippen LogP contribution in [0.5, 0.6) is 0 Å². The lowest BCUT2D eigenvalue weighted by atomic mass is 10.0. The van der Waals surface area contributed by atoms with Gasteiger partial charge in [0.15, 0.2) is 0 Å². The minimum absolute atomic E-state index is 0.0197. The Kier molecular flexibility index (Phi) is 9.66. The lowest BCUT2D eigenvalue weighted by Crippen LogP contribution is -2.53. The number of halogens is 2. The van der Waals surface area contributed by atoms with Crippen LogP contribution in [0.15, 0.2) is 78.9 Å². The molecule has 0 heterocycles. The first-order valence-corrected chi connectivity index (χ1v) is 13.9. The molecule has 2 amide bonds. The van der Waals surface area contributed by atoms with Crippen LogP contribution in [-0.4, -0.2) is 50.5 Å². The van der Waals surface area contributed by atoms with Crippen LogP contribution in [0.1, 0.15) is 18.1 Å². The zero-order valence-electron chi connectivity index (χ0n) is 20.6. The van der Waals surface area contributed by atoms with Gasteiger partial charge in [-0.2, -0.15) is 0 Å². The molecule has 37 heavy (non-hydrogen) atoms. The summed E-state index contributed by atoms with van der Waals surface area (Å²) in [6.07, 6.45) is 1.17. The minimum Gasteiger partial charge on any atom is -0.355 e. The molecule has 3 rings (SSSR count). The van der Waals surface area contributed by atoms with Crippen molar-refractivity contribution in [2.24, 2.45) is 0 Å². The van der Waals surface area contributed by atoms with Crippen LogP contribution in [0, 0.1) is 5.82 Å². The molecule has 0 radical (unpaired) electrons.